The van der Waals surface area contributed by atoms with Gasteiger partial charge in [0, 0.05) is 18.1 Å². The molecule has 0 saturated heterocycles. The zero-order chi connectivity index (χ0) is 11.4. The molecule has 2 rings (SSSR count). The Morgan fingerprint density at radius 2 is 2.38 bits per heavy atom. The van der Waals surface area contributed by atoms with Crippen LogP contribution < -0.4 is 5.32 Å². The summed E-state index contributed by atoms with van der Waals surface area (Å²) in [5.41, 5.74) is 1.18. The maximum atomic E-state index is 4.38. The summed E-state index contributed by atoms with van der Waals surface area (Å²) in [7, 11) is 0. The second-order valence-electron chi connectivity index (χ2n) is 3.47. The molecule has 2 aromatic heterocycles. The second-order valence-corrected chi connectivity index (χ2v) is 4.39. The quantitative estimate of drug-likeness (QED) is 0.864. The number of rotatable bonds is 5. The molecule has 1 atom stereocenters. The molecule has 1 unspecified atom stereocenters. The van der Waals surface area contributed by atoms with Crippen molar-refractivity contribution in [2.45, 2.75) is 26.4 Å². The van der Waals surface area contributed by atoms with Crippen molar-refractivity contribution in [3.05, 3.63) is 34.8 Å². The van der Waals surface area contributed by atoms with E-state index in [0.29, 0.717) is 0 Å². The first-order valence-corrected chi connectivity index (χ1v) is 6.37. The van der Waals surface area contributed by atoms with Crippen molar-refractivity contribution in [2.75, 3.05) is 6.54 Å². The van der Waals surface area contributed by atoms with Crippen LogP contribution in [0.15, 0.2) is 24.1 Å². The molecule has 4 nitrogen and oxygen atoms in total. The molecule has 2 heterocycles. The molecule has 0 spiro atoms. The molecule has 0 fully saturated rings. The third-order valence-electron chi connectivity index (χ3n) is 2.49. The van der Waals surface area contributed by atoms with E-state index in [1.54, 1.807) is 11.3 Å². The van der Waals surface area contributed by atoms with Gasteiger partial charge in [0.25, 0.3) is 0 Å². The summed E-state index contributed by atoms with van der Waals surface area (Å²) in [6, 6.07) is 0.160. The van der Waals surface area contributed by atoms with Crippen molar-refractivity contribution >= 4 is 11.3 Å². The fraction of sp³-hybridized carbons (Fsp3) is 0.455. The number of thiazole rings is 1. The molecule has 0 amide bonds. The fourth-order valence-electron chi connectivity index (χ4n) is 1.74. The normalized spacial score (nSPS) is 12.9. The van der Waals surface area contributed by atoms with E-state index in [4.69, 9.17) is 0 Å². The Morgan fingerprint density at radius 3 is 3.00 bits per heavy atom. The van der Waals surface area contributed by atoms with Gasteiger partial charge in [-0.2, -0.15) is 0 Å². The van der Waals surface area contributed by atoms with Crippen LogP contribution in [0.1, 0.15) is 30.6 Å². The van der Waals surface area contributed by atoms with E-state index in [0.717, 1.165) is 18.1 Å². The molecule has 5 heteroatoms. The van der Waals surface area contributed by atoms with Gasteiger partial charge in [0.05, 0.1) is 18.2 Å². The van der Waals surface area contributed by atoms with E-state index in [9.17, 15) is 0 Å². The van der Waals surface area contributed by atoms with Crippen molar-refractivity contribution in [1.29, 1.82) is 0 Å². The summed E-state index contributed by atoms with van der Waals surface area (Å²) < 4.78 is 2.15. The largest absolute Gasteiger partial charge is 0.333 e. The molecule has 0 saturated carbocycles. The van der Waals surface area contributed by atoms with E-state index in [-0.39, 0.29) is 6.04 Å². The second kappa shape index (κ2) is 5.23. The van der Waals surface area contributed by atoms with Crippen LogP contribution in [-0.4, -0.2) is 21.1 Å². The smallest absolute Gasteiger partial charge is 0.116 e. The van der Waals surface area contributed by atoms with Crippen LogP contribution in [0.2, 0.25) is 0 Å². The summed E-state index contributed by atoms with van der Waals surface area (Å²) in [6.07, 6.45) is 5.63. The summed E-state index contributed by atoms with van der Waals surface area (Å²) >= 11 is 1.67. The van der Waals surface area contributed by atoms with Gasteiger partial charge in [-0.15, -0.1) is 11.3 Å². The summed E-state index contributed by atoms with van der Waals surface area (Å²) in [4.78, 5) is 8.59. The first-order chi connectivity index (χ1) is 7.86. The fourth-order valence-corrected chi connectivity index (χ4v) is 2.46. The summed E-state index contributed by atoms with van der Waals surface area (Å²) in [5, 5.41) is 6.55. The zero-order valence-corrected chi connectivity index (χ0v) is 10.4. The van der Waals surface area contributed by atoms with Gasteiger partial charge in [-0.3, -0.25) is 0 Å². The van der Waals surface area contributed by atoms with Crippen LogP contribution in [0.5, 0.6) is 0 Å². The SMILES string of the molecule is CCNC(c1nccs1)c1cncn1CC. The standard InChI is InChI=1S/C11H16N4S/c1-3-13-10(11-14-5-6-16-11)9-7-12-8-15(9)4-2/h5-8,10,13H,3-4H2,1-2H3. The average molecular weight is 236 g/mol. The minimum Gasteiger partial charge on any atom is -0.333 e. The molecular weight excluding hydrogens is 220 g/mol. The predicted molar refractivity (Wildman–Crippen MR) is 65.5 cm³/mol. The lowest BCUT2D eigenvalue weighted by Crippen LogP contribution is -2.24. The molecule has 0 bridgehead atoms. The Hall–Kier alpha value is -1.20. The van der Waals surface area contributed by atoms with Gasteiger partial charge in [-0.1, -0.05) is 6.92 Å². The number of aryl methyl sites for hydroxylation is 1. The number of nitrogens with zero attached hydrogens (tertiary/aromatic N) is 3. The summed E-state index contributed by atoms with van der Waals surface area (Å²) in [5.74, 6) is 0. The summed E-state index contributed by atoms with van der Waals surface area (Å²) in [6.45, 7) is 6.07. The Balaban J connectivity index is 2.33. The first-order valence-electron chi connectivity index (χ1n) is 5.49. The van der Waals surface area contributed by atoms with Gasteiger partial charge in [-0.25, -0.2) is 9.97 Å². The third kappa shape index (κ3) is 2.15. The Labute approximate surface area is 99.4 Å². The first kappa shape index (κ1) is 11.3. The molecule has 0 aliphatic carbocycles. The van der Waals surface area contributed by atoms with Crippen molar-refractivity contribution in [3.63, 3.8) is 0 Å². The Morgan fingerprint density at radius 1 is 1.50 bits per heavy atom. The van der Waals surface area contributed by atoms with Crippen LogP contribution in [0.25, 0.3) is 0 Å². The molecule has 0 radical (unpaired) electrons. The van der Waals surface area contributed by atoms with Gasteiger partial charge in [0.1, 0.15) is 11.0 Å². The van der Waals surface area contributed by atoms with Crippen LogP contribution in [-0.2, 0) is 6.54 Å². The van der Waals surface area contributed by atoms with Gasteiger partial charge in [-0.05, 0) is 13.5 Å². The Bertz CT molecular complexity index is 421. The highest BCUT2D eigenvalue weighted by Gasteiger charge is 2.18. The van der Waals surface area contributed by atoms with E-state index >= 15 is 0 Å². The lowest BCUT2D eigenvalue weighted by atomic mass is 10.2. The maximum absolute atomic E-state index is 4.38. The topological polar surface area (TPSA) is 42.7 Å². The van der Waals surface area contributed by atoms with Crippen molar-refractivity contribution in [3.8, 4) is 0 Å². The molecule has 0 aliphatic rings. The van der Waals surface area contributed by atoms with E-state index in [1.165, 1.54) is 5.69 Å². The minimum atomic E-state index is 0.160. The van der Waals surface area contributed by atoms with Gasteiger partial charge < -0.3 is 9.88 Å². The number of imidazole rings is 1. The average Bonchev–Trinajstić information content (AvgIpc) is 2.96. The van der Waals surface area contributed by atoms with Gasteiger partial charge in [0.2, 0.25) is 0 Å². The molecule has 0 aromatic carbocycles. The van der Waals surface area contributed by atoms with Crippen LogP contribution in [0.4, 0.5) is 0 Å². The van der Waals surface area contributed by atoms with E-state index in [2.05, 4.69) is 33.7 Å². The highest BCUT2D eigenvalue weighted by atomic mass is 32.1. The van der Waals surface area contributed by atoms with E-state index < -0.39 is 0 Å². The molecular formula is C11H16N4S. The van der Waals surface area contributed by atoms with Crippen molar-refractivity contribution in [2.24, 2.45) is 0 Å². The number of aromatic nitrogens is 3. The van der Waals surface area contributed by atoms with Gasteiger partial charge >= 0.3 is 0 Å². The lowest BCUT2D eigenvalue weighted by molar-refractivity contribution is 0.573. The molecule has 16 heavy (non-hydrogen) atoms. The van der Waals surface area contributed by atoms with E-state index in [1.807, 2.05) is 24.1 Å². The molecule has 0 aliphatic heterocycles. The minimum absolute atomic E-state index is 0.160. The lowest BCUT2D eigenvalue weighted by Gasteiger charge is -2.16. The highest BCUT2D eigenvalue weighted by molar-refractivity contribution is 7.09. The number of hydrogen-bond donors (Lipinski definition) is 1. The molecule has 86 valence electrons. The monoisotopic (exact) mass is 236 g/mol. The molecule has 1 N–H and O–H groups in total. The van der Waals surface area contributed by atoms with Gasteiger partial charge in [0.15, 0.2) is 0 Å². The number of hydrogen-bond acceptors (Lipinski definition) is 4. The van der Waals surface area contributed by atoms with Crippen LogP contribution >= 0.6 is 11.3 Å². The highest BCUT2D eigenvalue weighted by Crippen LogP contribution is 2.23. The third-order valence-corrected chi connectivity index (χ3v) is 3.33. The zero-order valence-electron chi connectivity index (χ0n) is 9.55. The predicted octanol–water partition coefficient (Wildman–Crippen LogP) is 2.06. The Kier molecular flexibility index (Phi) is 3.69. The molecule has 2 aromatic rings. The van der Waals surface area contributed by atoms with Crippen LogP contribution in [0.3, 0.4) is 0 Å². The number of nitrogens with one attached hydrogen (secondary N) is 1. The maximum Gasteiger partial charge on any atom is 0.116 e. The van der Waals surface area contributed by atoms with Crippen molar-refractivity contribution < 1.29 is 0 Å². The van der Waals surface area contributed by atoms with Crippen molar-refractivity contribution in [1.82, 2.24) is 19.9 Å². The van der Waals surface area contributed by atoms with Crippen LogP contribution in [0, 0.1) is 0 Å².